The summed E-state index contributed by atoms with van der Waals surface area (Å²) in [6.07, 6.45) is 0.658. The molecule has 0 aliphatic carbocycles. The molecule has 0 atom stereocenters. The zero-order valence-electron chi connectivity index (χ0n) is 14.7. The lowest BCUT2D eigenvalue weighted by molar-refractivity contribution is 0.0949. The third-order valence-electron chi connectivity index (χ3n) is 3.76. The van der Waals surface area contributed by atoms with Gasteiger partial charge in [-0.1, -0.05) is 29.8 Å². The third kappa shape index (κ3) is 5.49. The van der Waals surface area contributed by atoms with Gasteiger partial charge in [0.05, 0.1) is 0 Å². The molecule has 0 radical (unpaired) electrons. The molecular weight excluding hydrogens is 367 g/mol. The Hall–Kier alpha value is -2.99. The van der Waals surface area contributed by atoms with Crippen molar-refractivity contribution < 1.29 is 9.18 Å². The van der Waals surface area contributed by atoms with E-state index in [-0.39, 0.29) is 17.4 Å². The first-order valence-electron chi connectivity index (χ1n) is 8.40. The highest BCUT2D eigenvalue weighted by atomic mass is 35.5. The molecule has 0 bridgehead atoms. The molecule has 0 spiro atoms. The molecule has 138 valence electrons. The largest absolute Gasteiger partial charge is 0.350 e. The van der Waals surface area contributed by atoms with Crippen LogP contribution < -0.4 is 10.6 Å². The number of nitrogens with one attached hydrogen (secondary N) is 2. The normalized spacial score (nSPS) is 10.5. The SMILES string of the molecule is Cc1nc(Nc2cccc(F)c2)cc(C(=O)NCCc2cccc(Cl)c2)n1. The monoisotopic (exact) mass is 384 g/mol. The Labute approximate surface area is 161 Å². The zero-order valence-corrected chi connectivity index (χ0v) is 15.4. The maximum Gasteiger partial charge on any atom is 0.270 e. The van der Waals surface area contributed by atoms with E-state index in [1.165, 1.54) is 18.2 Å². The van der Waals surface area contributed by atoms with Crippen LogP contribution in [-0.2, 0) is 6.42 Å². The third-order valence-corrected chi connectivity index (χ3v) is 3.99. The van der Waals surface area contributed by atoms with E-state index in [1.54, 1.807) is 25.1 Å². The van der Waals surface area contributed by atoms with Crippen LogP contribution in [0.4, 0.5) is 15.9 Å². The Morgan fingerprint density at radius 3 is 2.70 bits per heavy atom. The molecule has 0 fully saturated rings. The smallest absolute Gasteiger partial charge is 0.270 e. The summed E-state index contributed by atoms with van der Waals surface area (Å²) in [6, 6.07) is 15.0. The Kier molecular flexibility index (Phi) is 5.98. The predicted octanol–water partition coefficient (Wildman–Crippen LogP) is 4.29. The number of nitrogens with zero attached hydrogens (tertiary/aromatic N) is 2. The highest BCUT2D eigenvalue weighted by molar-refractivity contribution is 6.30. The van der Waals surface area contributed by atoms with Crippen molar-refractivity contribution in [3.8, 4) is 0 Å². The molecule has 1 heterocycles. The van der Waals surface area contributed by atoms with Crippen LogP contribution in [0, 0.1) is 12.7 Å². The van der Waals surface area contributed by atoms with Gasteiger partial charge in [-0.2, -0.15) is 0 Å². The molecule has 0 aliphatic rings. The number of aromatic nitrogens is 2. The van der Waals surface area contributed by atoms with Gasteiger partial charge in [-0.05, 0) is 49.2 Å². The summed E-state index contributed by atoms with van der Waals surface area (Å²) >= 11 is 5.96. The highest BCUT2D eigenvalue weighted by Gasteiger charge is 2.11. The van der Waals surface area contributed by atoms with Gasteiger partial charge in [0.2, 0.25) is 0 Å². The molecule has 3 aromatic rings. The van der Waals surface area contributed by atoms with Crippen molar-refractivity contribution in [3.05, 3.63) is 82.5 Å². The van der Waals surface area contributed by atoms with Crippen molar-refractivity contribution in [2.75, 3.05) is 11.9 Å². The number of rotatable bonds is 6. The maximum absolute atomic E-state index is 13.3. The first-order chi connectivity index (χ1) is 13.0. The number of hydrogen-bond donors (Lipinski definition) is 2. The van der Waals surface area contributed by atoms with Gasteiger partial charge in [0.25, 0.3) is 5.91 Å². The zero-order chi connectivity index (χ0) is 19.2. The minimum atomic E-state index is -0.357. The van der Waals surface area contributed by atoms with Gasteiger partial charge < -0.3 is 10.6 Å². The van der Waals surface area contributed by atoms with Crippen molar-refractivity contribution >= 4 is 29.0 Å². The van der Waals surface area contributed by atoms with Crippen molar-refractivity contribution in [2.24, 2.45) is 0 Å². The van der Waals surface area contributed by atoms with Crippen LogP contribution in [0.3, 0.4) is 0 Å². The summed E-state index contributed by atoms with van der Waals surface area (Å²) in [7, 11) is 0. The second kappa shape index (κ2) is 8.60. The van der Waals surface area contributed by atoms with Gasteiger partial charge >= 0.3 is 0 Å². The summed E-state index contributed by atoms with van der Waals surface area (Å²) in [6.45, 7) is 2.15. The van der Waals surface area contributed by atoms with E-state index < -0.39 is 0 Å². The van der Waals surface area contributed by atoms with Crippen molar-refractivity contribution in [1.82, 2.24) is 15.3 Å². The minimum Gasteiger partial charge on any atom is -0.350 e. The first kappa shape index (κ1) is 18.8. The van der Waals surface area contributed by atoms with Gasteiger partial charge in [-0.15, -0.1) is 0 Å². The number of amides is 1. The van der Waals surface area contributed by atoms with Crippen LogP contribution in [0.5, 0.6) is 0 Å². The molecule has 0 unspecified atom stereocenters. The fourth-order valence-electron chi connectivity index (χ4n) is 2.57. The topological polar surface area (TPSA) is 66.9 Å². The Bertz CT molecular complexity index is 964. The van der Waals surface area contributed by atoms with Crippen LogP contribution >= 0.6 is 11.6 Å². The van der Waals surface area contributed by atoms with E-state index in [2.05, 4.69) is 20.6 Å². The molecule has 5 nitrogen and oxygen atoms in total. The molecule has 0 saturated carbocycles. The summed E-state index contributed by atoms with van der Waals surface area (Å²) < 4.78 is 13.3. The Balaban J connectivity index is 1.65. The number of halogens is 2. The second-order valence-electron chi connectivity index (χ2n) is 5.96. The first-order valence-corrected chi connectivity index (χ1v) is 8.78. The number of hydrogen-bond acceptors (Lipinski definition) is 4. The van der Waals surface area contributed by atoms with Gasteiger partial charge in [0.1, 0.15) is 23.2 Å². The molecule has 0 saturated heterocycles. The Morgan fingerprint density at radius 2 is 1.93 bits per heavy atom. The summed E-state index contributed by atoms with van der Waals surface area (Å²) in [4.78, 5) is 20.8. The lowest BCUT2D eigenvalue weighted by Gasteiger charge is -2.09. The summed E-state index contributed by atoms with van der Waals surface area (Å²) in [5.74, 6) is 0.207. The van der Waals surface area contributed by atoms with Crippen LogP contribution in [0.1, 0.15) is 21.9 Å². The molecular formula is C20H18ClFN4O. The van der Waals surface area contributed by atoms with E-state index in [1.807, 2.05) is 18.2 Å². The molecule has 1 aromatic heterocycles. The van der Waals surface area contributed by atoms with Crippen molar-refractivity contribution in [1.29, 1.82) is 0 Å². The van der Waals surface area contributed by atoms with E-state index >= 15 is 0 Å². The standard InChI is InChI=1S/C20H18ClFN4O/c1-13-24-18(12-19(25-13)26-17-7-3-6-16(22)11-17)20(27)23-9-8-14-4-2-5-15(21)10-14/h2-7,10-12H,8-9H2,1H3,(H,23,27)(H,24,25,26). The lowest BCUT2D eigenvalue weighted by Crippen LogP contribution is -2.27. The molecule has 7 heteroatoms. The number of aryl methyl sites for hydroxylation is 1. The van der Waals surface area contributed by atoms with E-state index in [0.29, 0.717) is 35.3 Å². The summed E-state index contributed by atoms with van der Waals surface area (Å²) in [5.41, 5.74) is 1.82. The van der Waals surface area contributed by atoms with Gasteiger partial charge in [-0.25, -0.2) is 14.4 Å². The van der Waals surface area contributed by atoms with Gasteiger partial charge in [-0.3, -0.25) is 4.79 Å². The van der Waals surface area contributed by atoms with Crippen LogP contribution in [0.2, 0.25) is 5.02 Å². The predicted molar refractivity (Wildman–Crippen MR) is 104 cm³/mol. The molecule has 2 N–H and O–H groups in total. The van der Waals surface area contributed by atoms with Crippen LogP contribution in [0.15, 0.2) is 54.6 Å². The number of carbonyl (C=O) groups excluding carboxylic acids is 1. The van der Waals surface area contributed by atoms with E-state index in [9.17, 15) is 9.18 Å². The molecule has 0 aliphatic heterocycles. The minimum absolute atomic E-state index is 0.243. The van der Waals surface area contributed by atoms with Crippen LogP contribution in [0.25, 0.3) is 0 Å². The number of anilines is 2. The molecule has 3 rings (SSSR count). The van der Waals surface area contributed by atoms with E-state index in [4.69, 9.17) is 11.6 Å². The highest BCUT2D eigenvalue weighted by Crippen LogP contribution is 2.16. The van der Waals surface area contributed by atoms with Gasteiger partial charge in [0.15, 0.2) is 0 Å². The fraction of sp³-hybridized carbons (Fsp3) is 0.150. The van der Waals surface area contributed by atoms with Crippen molar-refractivity contribution in [3.63, 3.8) is 0 Å². The quantitative estimate of drug-likeness (QED) is 0.665. The second-order valence-corrected chi connectivity index (χ2v) is 6.39. The maximum atomic E-state index is 13.3. The average Bonchev–Trinajstić information content (AvgIpc) is 2.61. The summed E-state index contributed by atoms with van der Waals surface area (Å²) in [5, 5.41) is 6.48. The van der Waals surface area contributed by atoms with Crippen molar-refractivity contribution in [2.45, 2.75) is 13.3 Å². The average molecular weight is 385 g/mol. The number of benzene rings is 2. The molecule has 2 aromatic carbocycles. The Morgan fingerprint density at radius 1 is 1.11 bits per heavy atom. The molecule has 1 amide bonds. The van der Waals surface area contributed by atoms with Gasteiger partial charge in [0, 0.05) is 23.3 Å². The van der Waals surface area contributed by atoms with Crippen LogP contribution in [-0.4, -0.2) is 22.4 Å². The lowest BCUT2D eigenvalue weighted by atomic mass is 10.1. The van der Waals surface area contributed by atoms with E-state index in [0.717, 1.165) is 5.56 Å². The molecule has 27 heavy (non-hydrogen) atoms. The fourth-order valence-corrected chi connectivity index (χ4v) is 2.78. The number of carbonyl (C=O) groups is 1.